The first kappa shape index (κ1) is 17.4. The summed E-state index contributed by atoms with van der Waals surface area (Å²) in [7, 11) is 0. The van der Waals surface area contributed by atoms with Crippen LogP contribution in [0.4, 0.5) is 10.5 Å². The molecule has 0 saturated heterocycles. The average molecular weight is 310 g/mol. The van der Waals surface area contributed by atoms with Gasteiger partial charge in [0.05, 0.1) is 11.3 Å². The van der Waals surface area contributed by atoms with Crippen LogP contribution in [0.25, 0.3) is 0 Å². The molecule has 0 spiro atoms. The maximum Gasteiger partial charge on any atom is 0.412 e. The molecule has 0 saturated carbocycles. The summed E-state index contributed by atoms with van der Waals surface area (Å²) in [6.07, 6.45) is -0.256. The van der Waals surface area contributed by atoms with Crippen LogP contribution in [-0.4, -0.2) is 22.8 Å². The Morgan fingerprint density at radius 2 is 1.95 bits per heavy atom. The fraction of sp³-hybridized carbons (Fsp3) is 0.429. The minimum atomic E-state index is -1.20. The molecule has 120 valence electrons. The Kier molecular flexibility index (Phi) is 5.44. The Labute approximate surface area is 127 Å². The smallest absolute Gasteiger partial charge is 0.412 e. The highest BCUT2D eigenvalue weighted by Gasteiger charge is 2.22. The lowest BCUT2D eigenvalue weighted by Gasteiger charge is -2.21. The van der Waals surface area contributed by atoms with Crippen molar-refractivity contribution in [2.24, 2.45) is 0 Å². The Bertz CT molecular complexity index is 591. The summed E-state index contributed by atoms with van der Waals surface area (Å²) in [6.45, 7) is 6.90. The van der Waals surface area contributed by atoms with Crippen LogP contribution in [0.15, 0.2) is 18.2 Å². The van der Waals surface area contributed by atoms with Crippen molar-refractivity contribution in [3.8, 4) is 0 Å². The highest BCUT2D eigenvalue weighted by Crippen LogP contribution is 2.24. The zero-order valence-electron chi connectivity index (χ0n) is 12.8. The molecule has 1 N–H and O–H groups in total. The van der Waals surface area contributed by atoms with Gasteiger partial charge < -0.3 is 4.74 Å². The molecule has 0 heterocycles. The lowest BCUT2D eigenvalue weighted by Crippen LogP contribution is -2.28. The Morgan fingerprint density at radius 1 is 1.32 bits per heavy atom. The van der Waals surface area contributed by atoms with Gasteiger partial charge in [-0.25, -0.2) is 9.63 Å². The van der Waals surface area contributed by atoms with Crippen LogP contribution >= 0.6 is 0 Å². The molecule has 22 heavy (non-hydrogen) atoms. The molecule has 1 aromatic carbocycles. The largest absolute Gasteiger partial charge is 0.444 e. The van der Waals surface area contributed by atoms with E-state index in [0.29, 0.717) is 12.0 Å². The predicted octanol–water partition coefficient (Wildman–Crippen LogP) is 2.94. The monoisotopic (exact) mass is 310 g/mol. The third-order valence-electron chi connectivity index (χ3n) is 2.53. The van der Waals surface area contributed by atoms with Crippen LogP contribution in [0.5, 0.6) is 0 Å². The van der Waals surface area contributed by atoms with Crippen LogP contribution in [0, 0.1) is 10.1 Å². The average Bonchev–Trinajstić information content (AvgIpc) is 2.35. The second-order valence-electron chi connectivity index (χ2n) is 5.42. The van der Waals surface area contributed by atoms with Gasteiger partial charge in [0.1, 0.15) is 5.60 Å². The maximum absolute atomic E-state index is 11.9. The predicted molar refractivity (Wildman–Crippen MR) is 78.1 cm³/mol. The van der Waals surface area contributed by atoms with Gasteiger partial charge in [-0.2, -0.15) is 0 Å². The quantitative estimate of drug-likeness (QED) is 0.676. The summed E-state index contributed by atoms with van der Waals surface area (Å²) in [5.74, 6) is -1.16. The van der Waals surface area contributed by atoms with Crippen molar-refractivity contribution in [3.63, 3.8) is 0 Å². The molecule has 1 aromatic rings. The highest BCUT2D eigenvalue weighted by atomic mass is 17.0. The summed E-state index contributed by atoms with van der Waals surface area (Å²) in [5, 5.41) is 11.6. The normalized spacial score (nSPS) is 10.7. The number of rotatable bonds is 4. The summed E-state index contributed by atoms with van der Waals surface area (Å²) in [5.41, 5.74) is -0.0519. The Hall–Kier alpha value is -2.64. The number of aryl methyl sites for hydroxylation is 1. The third-order valence-corrected chi connectivity index (χ3v) is 2.53. The summed E-state index contributed by atoms with van der Waals surface area (Å²) >= 11 is 0. The minimum Gasteiger partial charge on any atom is -0.444 e. The van der Waals surface area contributed by atoms with Gasteiger partial charge in [-0.05, 0) is 38.8 Å². The Morgan fingerprint density at radius 3 is 2.45 bits per heavy atom. The van der Waals surface area contributed by atoms with Gasteiger partial charge in [-0.15, -0.1) is 10.1 Å². The first-order chi connectivity index (χ1) is 10.1. The molecule has 1 rings (SSSR count). The van der Waals surface area contributed by atoms with E-state index in [4.69, 9.17) is 4.74 Å². The molecule has 0 unspecified atom stereocenters. The molecule has 1 amide bonds. The van der Waals surface area contributed by atoms with E-state index in [9.17, 15) is 19.7 Å². The number of para-hydroxylation sites is 1. The van der Waals surface area contributed by atoms with E-state index in [0.717, 1.165) is 0 Å². The SMILES string of the molecule is CCc1cccc(C(=O)O[N+](=O)[O-])c1NC(=O)OC(C)(C)C. The van der Waals surface area contributed by atoms with Crippen molar-refractivity contribution in [3.05, 3.63) is 39.4 Å². The van der Waals surface area contributed by atoms with Gasteiger partial charge in [0.15, 0.2) is 0 Å². The van der Waals surface area contributed by atoms with Gasteiger partial charge in [0.25, 0.3) is 0 Å². The Balaban J connectivity index is 3.12. The first-order valence-corrected chi connectivity index (χ1v) is 6.62. The molecule has 0 bridgehead atoms. The lowest BCUT2D eigenvalue weighted by molar-refractivity contribution is -0.727. The molecule has 0 aromatic heterocycles. The van der Waals surface area contributed by atoms with Crippen molar-refractivity contribution in [2.75, 3.05) is 5.32 Å². The van der Waals surface area contributed by atoms with Gasteiger partial charge in [-0.1, -0.05) is 19.1 Å². The zero-order chi connectivity index (χ0) is 16.9. The van der Waals surface area contributed by atoms with E-state index < -0.39 is 22.8 Å². The number of nitrogens with zero attached hydrogens (tertiary/aromatic N) is 1. The molecule has 0 aliphatic carbocycles. The molecular formula is C14H18N2O6. The third kappa shape index (κ3) is 5.04. The van der Waals surface area contributed by atoms with Crippen LogP contribution in [0.1, 0.15) is 43.6 Å². The maximum atomic E-state index is 11.9. The van der Waals surface area contributed by atoms with Gasteiger partial charge in [0.2, 0.25) is 0 Å². The number of ether oxygens (including phenoxy) is 1. The molecule has 0 atom stereocenters. The van der Waals surface area contributed by atoms with E-state index in [1.807, 2.05) is 6.92 Å². The van der Waals surface area contributed by atoms with Crippen LogP contribution in [-0.2, 0) is 16.0 Å². The molecule has 8 heteroatoms. The summed E-state index contributed by atoms with van der Waals surface area (Å²) in [6, 6.07) is 4.57. The first-order valence-electron chi connectivity index (χ1n) is 6.62. The number of amides is 1. The second-order valence-corrected chi connectivity index (χ2v) is 5.42. The lowest BCUT2D eigenvalue weighted by atomic mass is 10.1. The van der Waals surface area contributed by atoms with E-state index in [-0.39, 0.29) is 11.3 Å². The van der Waals surface area contributed by atoms with Crippen LogP contribution in [0.2, 0.25) is 0 Å². The van der Waals surface area contributed by atoms with E-state index in [1.165, 1.54) is 6.07 Å². The number of anilines is 1. The highest BCUT2D eigenvalue weighted by molar-refractivity contribution is 6.00. The minimum absolute atomic E-state index is 0.109. The molecule has 8 nitrogen and oxygen atoms in total. The van der Waals surface area contributed by atoms with Crippen molar-refractivity contribution < 1.29 is 24.3 Å². The fourth-order valence-corrected chi connectivity index (χ4v) is 1.74. The molecule has 0 aliphatic rings. The topological polar surface area (TPSA) is 108 Å². The standard InChI is InChI=1S/C14H18N2O6/c1-5-9-7-6-8-10(12(17)22-16(19)20)11(9)15-13(18)21-14(2,3)4/h6-8H,5H2,1-4H3,(H,15,18). The van der Waals surface area contributed by atoms with E-state index >= 15 is 0 Å². The molecule has 0 fully saturated rings. The summed E-state index contributed by atoms with van der Waals surface area (Å²) < 4.78 is 5.12. The number of carbonyl (C=O) groups excluding carboxylic acids is 2. The summed E-state index contributed by atoms with van der Waals surface area (Å²) in [4.78, 5) is 37.9. The van der Waals surface area contributed by atoms with Gasteiger partial charge in [0, 0.05) is 0 Å². The van der Waals surface area contributed by atoms with Crippen molar-refractivity contribution >= 4 is 17.7 Å². The number of carbonyl (C=O) groups is 2. The van der Waals surface area contributed by atoms with Gasteiger partial charge in [-0.3, -0.25) is 10.1 Å². The molecular weight excluding hydrogens is 292 g/mol. The van der Waals surface area contributed by atoms with Crippen molar-refractivity contribution in [1.29, 1.82) is 0 Å². The number of hydrogen-bond acceptors (Lipinski definition) is 6. The van der Waals surface area contributed by atoms with Crippen LogP contribution < -0.4 is 5.32 Å². The zero-order valence-corrected chi connectivity index (χ0v) is 12.8. The number of nitrogens with one attached hydrogen (secondary N) is 1. The molecule has 0 radical (unpaired) electrons. The molecule has 0 aliphatic heterocycles. The fourth-order valence-electron chi connectivity index (χ4n) is 1.74. The van der Waals surface area contributed by atoms with Crippen molar-refractivity contribution in [1.82, 2.24) is 0 Å². The van der Waals surface area contributed by atoms with E-state index in [2.05, 4.69) is 10.2 Å². The van der Waals surface area contributed by atoms with Crippen LogP contribution in [0.3, 0.4) is 0 Å². The number of hydrogen-bond donors (Lipinski definition) is 1. The van der Waals surface area contributed by atoms with Crippen molar-refractivity contribution in [2.45, 2.75) is 39.7 Å². The second kappa shape index (κ2) is 6.88. The number of benzene rings is 1. The van der Waals surface area contributed by atoms with Gasteiger partial charge >= 0.3 is 17.1 Å². The van der Waals surface area contributed by atoms with E-state index in [1.54, 1.807) is 32.9 Å².